The van der Waals surface area contributed by atoms with Gasteiger partial charge < -0.3 is 20.3 Å². The monoisotopic (exact) mass is 417 g/mol. The fourth-order valence-electron chi connectivity index (χ4n) is 3.11. The van der Waals surface area contributed by atoms with Crippen molar-refractivity contribution in [3.8, 4) is 5.75 Å². The van der Waals surface area contributed by atoms with Crippen LogP contribution in [0.15, 0.2) is 24.3 Å². The second-order valence-corrected chi connectivity index (χ2v) is 9.10. The van der Waals surface area contributed by atoms with E-state index in [1.54, 1.807) is 31.4 Å². The second kappa shape index (κ2) is 8.77. The fraction of sp³-hybridized carbons (Fsp3) is 0.500. The lowest BCUT2D eigenvalue weighted by Gasteiger charge is -2.34. The Morgan fingerprint density at radius 3 is 2.59 bits per heavy atom. The van der Waals surface area contributed by atoms with Crippen LogP contribution in [0.1, 0.15) is 54.3 Å². The van der Waals surface area contributed by atoms with Crippen molar-refractivity contribution in [2.24, 2.45) is 0 Å². The lowest BCUT2D eigenvalue weighted by atomic mass is 9.99. The van der Waals surface area contributed by atoms with Crippen LogP contribution in [0.5, 0.6) is 5.75 Å². The number of urea groups is 1. The van der Waals surface area contributed by atoms with Crippen LogP contribution in [0.2, 0.25) is 0 Å². The molecule has 8 nitrogen and oxygen atoms in total. The maximum absolute atomic E-state index is 12.5. The minimum absolute atomic E-state index is 0.0656. The minimum atomic E-state index is -0.294. The van der Waals surface area contributed by atoms with Crippen LogP contribution in [0, 0.1) is 0 Å². The van der Waals surface area contributed by atoms with Crippen LogP contribution in [0.25, 0.3) is 0 Å². The van der Waals surface area contributed by atoms with Crippen molar-refractivity contribution >= 4 is 29.0 Å². The smallest absolute Gasteiger partial charge is 0.317 e. The summed E-state index contributed by atoms with van der Waals surface area (Å²) in [5.74, 6) is 0.519. The first kappa shape index (κ1) is 21.0. The number of likely N-dealkylation sites (tertiary alicyclic amines) is 1. The lowest BCUT2D eigenvalue weighted by molar-refractivity contribution is 0.102. The van der Waals surface area contributed by atoms with Gasteiger partial charge in [0.2, 0.25) is 5.01 Å². The van der Waals surface area contributed by atoms with E-state index in [1.807, 2.05) is 25.7 Å². The molecule has 2 heterocycles. The summed E-state index contributed by atoms with van der Waals surface area (Å²) >= 11 is 1.28. The molecule has 0 radical (unpaired) electrons. The number of amides is 3. The van der Waals surface area contributed by atoms with E-state index in [4.69, 9.17) is 4.74 Å². The number of hydrogen-bond acceptors (Lipinski definition) is 6. The van der Waals surface area contributed by atoms with Crippen molar-refractivity contribution in [3.63, 3.8) is 0 Å². The number of benzene rings is 1. The molecule has 1 aliphatic heterocycles. The zero-order chi connectivity index (χ0) is 21.0. The number of hydrogen-bond donors (Lipinski definition) is 2. The third-order valence-corrected chi connectivity index (χ3v) is 5.61. The molecule has 0 aliphatic carbocycles. The molecule has 156 valence electrons. The first-order valence-electron chi connectivity index (χ1n) is 9.61. The molecule has 0 bridgehead atoms. The molecule has 0 unspecified atom stereocenters. The summed E-state index contributed by atoms with van der Waals surface area (Å²) < 4.78 is 5.12. The normalized spacial score (nSPS) is 17.0. The molecule has 0 spiro atoms. The molecule has 1 aromatic carbocycles. The summed E-state index contributed by atoms with van der Waals surface area (Å²) in [6, 6.07) is 7.03. The zero-order valence-electron chi connectivity index (χ0n) is 17.2. The van der Waals surface area contributed by atoms with Crippen molar-refractivity contribution < 1.29 is 14.3 Å². The van der Waals surface area contributed by atoms with Gasteiger partial charge in [-0.15, -0.1) is 10.2 Å². The maximum Gasteiger partial charge on any atom is 0.317 e. The van der Waals surface area contributed by atoms with Crippen LogP contribution in [0.3, 0.4) is 0 Å². The highest BCUT2D eigenvalue weighted by Crippen LogP contribution is 2.29. The summed E-state index contributed by atoms with van der Waals surface area (Å²) in [5.41, 5.74) is 0.384. The molecule has 3 amide bonds. The average Bonchev–Trinajstić information content (AvgIpc) is 3.18. The highest BCUT2D eigenvalue weighted by atomic mass is 32.1. The van der Waals surface area contributed by atoms with E-state index in [0.29, 0.717) is 17.2 Å². The van der Waals surface area contributed by atoms with Gasteiger partial charge in [-0.1, -0.05) is 11.3 Å². The Kier molecular flexibility index (Phi) is 6.36. The van der Waals surface area contributed by atoms with Crippen LogP contribution in [0.4, 0.5) is 10.5 Å². The number of piperidine rings is 1. The first-order valence-corrected chi connectivity index (χ1v) is 10.4. The third kappa shape index (κ3) is 5.66. The Labute approximate surface area is 174 Å². The predicted molar refractivity (Wildman–Crippen MR) is 113 cm³/mol. The standard InChI is InChI=1S/C20H27N5O3S/c1-20(2,3)22-19(27)25-11-5-6-13(12-25)17-23-24-18(29-17)16(26)21-14-7-9-15(28-4)10-8-14/h7-10,13H,5-6,11-12H2,1-4H3,(H,21,26)(H,22,27)/t13-/m0/s1. The number of methoxy groups -OCH3 is 1. The first-order chi connectivity index (χ1) is 13.7. The second-order valence-electron chi connectivity index (χ2n) is 8.09. The van der Waals surface area contributed by atoms with Gasteiger partial charge in [0.1, 0.15) is 10.8 Å². The SMILES string of the molecule is COc1ccc(NC(=O)c2nnc([C@H]3CCCN(C(=O)NC(C)(C)C)C3)s2)cc1. The van der Waals surface area contributed by atoms with E-state index >= 15 is 0 Å². The Balaban J connectivity index is 1.62. The van der Waals surface area contributed by atoms with E-state index in [-0.39, 0.29) is 23.4 Å². The van der Waals surface area contributed by atoms with Gasteiger partial charge >= 0.3 is 6.03 Å². The molecule has 2 N–H and O–H groups in total. The van der Waals surface area contributed by atoms with E-state index < -0.39 is 0 Å². The molecule has 1 saturated heterocycles. The number of aromatic nitrogens is 2. The van der Waals surface area contributed by atoms with Gasteiger partial charge in [0, 0.05) is 30.2 Å². The third-order valence-electron chi connectivity index (χ3n) is 4.52. The number of ether oxygens (including phenoxy) is 1. The molecule has 29 heavy (non-hydrogen) atoms. The fourth-order valence-corrected chi connectivity index (χ4v) is 3.98. The Morgan fingerprint density at radius 2 is 1.93 bits per heavy atom. The summed E-state index contributed by atoms with van der Waals surface area (Å²) in [6.45, 7) is 7.19. The molecule has 2 aromatic rings. The van der Waals surface area contributed by atoms with E-state index in [9.17, 15) is 9.59 Å². The largest absolute Gasteiger partial charge is 0.497 e. The lowest BCUT2D eigenvalue weighted by Crippen LogP contribution is -2.51. The summed E-state index contributed by atoms with van der Waals surface area (Å²) in [5, 5.41) is 15.2. The maximum atomic E-state index is 12.5. The molecule has 1 fully saturated rings. The Morgan fingerprint density at radius 1 is 1.21 bits per heavy atom. The summed E-state index contributed by atoms with van der Waals surface area (Å²) in [4.78, 5) is 26.8. The van der Waals surface area contributed by atoms with Crippen molar-refractivity contribution in [2.45, 2.75) is 45.1 Å². The molecule has 0 saturated carbocycles. The van der Waals surface area contributed by atoms with Crippen LogP contribution in [-0.2, 0) is 0 Å². The number of anilines is 1. The number of nitrogens with one attached hydrogen (secondary N) is 2. The Hall–Kier alpha value is -2.68. The van der Waals surface area contributed by atoms with Gasteiger partial charge in [0.25, 0.3) is 5.91 Å². The van der Waals surface area contributed by atoms with Crippen LogP contribution < -0.4 is 15.4 Å². The van der Waals surface area contributed by atoms with Crippen molar-refractivity contribution in [3.05, 3.63) is 34.3 Å². The van der Waals surface area contributed by atoms with E-state index in [1.165, 1.54) is 11.3 Å². The number of carbonyl (C=O) groups is 2. The van der Waals surface area contributed by atoms with Crippen molar-refractivity contribution in [1.82, 2.24) is 20.4 Å². The van der Waals surface area contributed by atoms with Gasteiger partial charge in [-0.05, 0) is 57.9 Å². The van der Waals surface area contributed by atoms with Gasteiger partial charge in [0.15, 0.2) is 0 Å². The Bertz CT molecular complexity index is 860. The molecule has 3 rings (SSSR count). The minimum Gasteiger partial charge on any atom is -0.497 e. The number of rotatable bonds is 4. The average molecular weight is 418 g/mol. The topological polar surface area (TPSA) is 96.4 Å². The van der Waals surface area contributed by atoms with Gasteiger partial charge in [-0.25, -0.2) is 4.79 Å². The van der Waals surface area contributed by atoms with Crippen molar-refractivity contribution in [2.75, 3.05) is 25.5 Å². The molecule has 1 aliphatic rings. The van der Waals surface area contributed by atoms with Crippen LogP contribution >= 0.6 is 11.3 Å². The number of nitrogens with zero attached hydrogens (tertiary/aromatic N) is 3. The quantitative estimate of drug-likeness (QED) is 0.794. The van der Waals surface area contributed by atoms with E-state index in [2.05, 4.69) is 20.8 Å². The molecular formula is C20H27N5O3S. The van der Waals surface area contributed by atoms with Gasteiger partial charge in [0.05, 0.1) is 7.11 Å². The van der Waals surface area contributed by atoms with Gasteiger partial charge in [-0.3, -0.25) is 4.79 Å². The highest BCUT2D eigenvalue weighted by molar-refractivity contribution is 7.13. The predicted octanol–water partition coefficient (Wildman–Crippen LogP) is 3.49. The number of carbonyl (C=O) groups excluding carboxylic acids is 2. The molecule has 9 heteroatoms. The summed E-state index contributed by atoms with van der Waals surface area (Å²) in [7, 11) is 1.59. The summed E-state index contributed by atoms with van der Waals surface area (Å²) in [6.07, 6.45) is 1.82. The van der Waals surface area contributed by atoms with Gasteiger partial charge in [-0.2, -0.15) is 0 Å². The highest BCUT2D eigenvalue weighted by Gasteiger charge is 2.29. The molecule has 1 atom stereocenters. The molecular weight excluding hydrogens is 390 g/mol. The van der Waals surface area contributed by atoms with E-state index in [0.717, 1.165) is 30.1 Å². The van der Waals surface area contributed by atoms with Crippen molar-refractivity contribution in [1.29, 1.82) is 0 Å². The molecule has 1 aromatic heterocycles. The zero-order valence-corrected chi connectivity index (χ0v) is 18.0. The van der Waals surface area contributed by atoms with Crippen LogP contribution in [-0.4, -0.2) is 52.8 Å².